The molecule has 0 saturated carbocycles. The first kappa shape index (κ1) is 11.7. The van der Waals surface area contributed by atoms with Crippen LogP contribution in [0.1, 0.15) is 10.4 Å². The fourth-order valence-electron chi connectivity index (χ4n) is 1.92. The molecule has 0 aliphatic carbocycles. The zero-order valence-corrected chi connectivity index (χ0v) is 10.9. The van der Waals surface area contributed by atoms with Crippen LogP contribution in [0.25, 0.3) is 10.9 Å². The number of hydrogen-bond donors (Lipinski definition) is 1. The number of fused-ring (bicyclic) bond motifs is 1. The van der Waals surface area contributed by atoms with Crippen LogP contribution in [0, 0.1) is 11.3 Å². The van der Waals surface area contributed by atoms with Crippen LogP contribution in [0.3, 0.4) is 0 Å². The number of rotatable bonds is 3. The summed E-state index contributed by atoms with van der Waals surface area (Å²) < 4.78 is 0. The smallest absolute Gasteiger partial charge is 0.144 e. The maximum atomic E-state index is 9.21. The number of nitriles is 1. The Hall–Kier alpha value is -2.38. The Morgan fingerprint density at radius 3 is 2.89 bits per heavy atom. The summed E-state index contributed by atoms with van der Waals surface area (Å²) in [5, 5.41) is 15.5. The van der Waals surface area contributed by atoms with Crippen molar-refractivity contribution < 1.29 is 0 Å². The third-order valence-corrected chi connectivity index (χ3v) is 3.73. The van der Waals surface area contributed by atoms with E-state index in [1.807, 2.05) is 41.8 Å². The molecule has 0 aliphatic heterocycles. The zero-order chi connectivity index (χ0) is 13.1. The average molecular weight is 265 g/mol. The molecule has 3 aromatic rings. The van der Waals surface area contributed by atoms with Gasteiger partial charge in [0.25, 0.3) is 0 Å². The Balaban J connectivity index is 1.95. The molecule has 2 aromatic heterocycles. The first-order valence-corrected chi connectivity index (χ1v) is 6.81. The van der Waals surface area contributed by atoms with Gasteiger partial charge >= 0.3 is 0 Å². The molecule has 1 aromatic carbocycles. The standard InChI is InChI=1S/C15H11N3S/c16-9-12-8-11-4-1-2-6-14(11)18-15(12)17-10-13-5-3-7-19-13/h1-8H,10H2,(H,17,18). The predicted molar refractivity (Wildman–Crippen MR) is 78.1 cm³/mol. The largest absolute Gasteiger partial charge is 0.364 e. The van der Waals surface area contributed by atoms with Crippen LogP contribution in [0.5, 0.6) is 0 Å². The summed E-state index contributed by atoms with van der Waals surface area (Å²) in [5.74, 6) is 0.648. The first-order chi connectivity index (χ1) is 9.36. The van der Waals surface area contributed by atoms with Gasteiger partial charge in [-0.1, -0.05) is 24.3 Å². The summed E-state index contributed by atoms with van der Waals surface area (Å²) in [7, 11) is 0. The van der Waals surface area contributed by atoms with Gasteiger partial charge in [-0.15, -0.1) is 11.3 Å². The van der Waals surface area contributed by atoms with E-state index in [1.165, 1.54) is 4.88 Å². The van der Waals surface area contributed by atoms with E-state index in [9.17, 15) is 5.26 Å². The molecule has 0 unspecified atom stereocenters. The van der Waals surface area contributed by atoms with Gasteiger partial charge in [-0.3, -0.25) is 0 Å². The lowest BCUT2D eigenvalue weighted by molar-refractivity contribution is 1.15. The molecule has 0 amide bonds. The van der Waals surface area contributed by atoms with Crippen molar-refractivity contribution in [2.45, 2.75) is 6.54 Å². The van der Waals surface area contributed by atoms with Crippen LogP contribution in [-0.4, -0.2) is 4.98 Å². The molecule has 4 heteroatoms. The third kappa shape index (κ3) is 2.42. The highest BCUT2D eigenvalue weighted by Gasteiger charge is 2.06. The minimum atomic E-state index is 0.579. The molecule has 0 saturated heterocycles. The number of para-hydroxylation sites is 1. The number of aromatic nitrogens is 1. The normalized spacial score (nSPS) is 10.3. The molecule has 3 rings (SSSR count). The molecule has 0 bridgehead atoms. The van der Waals surface area contributed by atoms with E-state index in [0.717, 1.165) is 10.9 Å². The highest BCUT2D eigenvalue weighted by molar-refractivity contribution is 7.09. The molecular formula is C15H11N3S. The number of thiophene rings is 1. The van der Waals surface area contributed by atoms with Gasteiger partial charge in [0.15, 0.2) is 0 Å². The highest BCUT2D eigenvalue weighted by atomic mass is 32.1. The van der Waals surface area contributed by atoms with Gasteiger partial charge in [0, 0.05) is 10.3 Å². The van der Waals surface area contributed by atoms with Crippen LogP contribution >= 0.6 is 11.3 Å². The minimum Gasteiger partial charge on any atom is -0.364 e. The molecule has 0 aliphatic rings. The summed E-state index contributed by atoms with van der Waals surface area (Å²) in [6.45, 7) is 0.692. The van der Waals surface area contributed by atoms with Crippen LogP contribution in [0.4, 0.5) is 5.82 Å². The highest BCUT2D eigenvalue weighted by Crippen LogP contribution is 2.20. The van der Waals surface area contributed by atoms with Crippen molar-refractivity contribution in [3.63, 3.8) is 0 Å². The molecule has 19 heavy (non-hydrogen) atoms. The van der Waals surface area contributed by atoms with Gasteiger partial charge in [-0.2, -0.15) is 5.26 Å². The number of anilines is 1. The van der Waals surface area contributed by atoms with Crippen LogP contribution in [0.15, 0.2) is 47.8 Å². The topological polar surface area (TPSA) is 48.7 Å². The Labute approximate surface area is 115 Å². The molecule has 92 valence electrons. The second-order valence-electron chi connectivity index (χ2n) is 4.12. The maximum Gasteiger partial charge on any atom is 0.144 e. The Kier molecular flexibility index (Phi) is 3.13. The van der Waals surface area contributed by atoms with Crippen LogP contribution in [-0.2, 0) is 6.54 Å². The van der Waals surface area contributed by atoms with Gasteiger partial charge in [0.05, 0.1) is 17.6 Å². The number of hydrogen-bond acceptors (Lipinski definition) is 4. The summed E-state index contributed by atoms with van der Waals surface area (Å²) >= 11 is 1.69. The molecule has 0 spiro atoms. The van der Waals surface area contributed by atoms with E-state index < -0.39 is 0 Å². The molecule has 0 radical (unpaired) electrons. The Morgan fingerprint density at radius 1 is 1.21 bits per heavy atom. The van der Waals surface area contributed by atoms with Crippen molar-refractivity contribution in [2.75, 3.05) is 5.32 Å². The average Bonchev–Trinajstić information content (AvgIpc) is 2.97. The van der Waals surface area contributed by atoms with Crippen LogP contribution in [0.2, 0.25) is 0 Å². The molecule has 0 atom stereocenters. The summed E-state index contributed by atoms with van der Waals surface area (Å²) in [4.78, 5) is 5.74. The van der Waals surface area contributed by atoms with Gasteiger partial charge in [-0.05, 0) is 23.6 Å². The number of nitrogens with zero attached hydrogens (tertiary/aromatic N) is 2. The lowest BCUT2D eigenvalue weighted by Gasteiger charge is -2.07. The SMILES string of the molecule is N#Cc1cc2ccccc2nc1NCc1cccs1. The lowest BCUT2D eigenvalue weighted by Crippen LogP contribution is -2.02. The number of nitrogens with one attached hydrogen (secondary N) is 1. The fraction of sp³-hybridized carbons (Fsp3) is 0.0667. The third-order valence-electron chi connectivity index (χ3n) is 2.85. The van der Waals surface area contributed by atoms with Crippen molar-refractivity contribution in [3.05, 3.63) is 58.3 Å². The van der Waals surface area contributed by atoms with E-state index in [0.29, 0.717) is 17.9 Å². The molecular weight excluding hydrogens is 254 g/mol. The van der Waals surface area contributed by atoms with Crippen molar-refractivity contribution >= 4 is 28.1 Å². The first-order valence-electron chi connectivity index (χ1n) is 5.93. The van der Waals surface area contributed by atoms with E-state index in [2.05, 4.69) is 22.4 Å². The van der Waals surface area contributed by atoms with Gasteiger partial charge in [-0.25, -0.2) is 4.98 Å². The van der Waals surface area contributed by atoms with Gasteiger partial charge in [0.1, 0.15) is 11.9 Å². The molecule has 0 fully saturated rings. The second-order valence-corrected chi connectivity index (χ2v) is 5.15. The quantitative estimate of drug-likeness (QED) is 0.784. The number of pyridine rings is 1. The monoisotopic (exact) mass is 265 g/mol. The molecule has 1 N–H and O–H groups in total. The molecule has 2 heterocycles. The van der Waals surface area contributed by atoms with E-state index in [-0.39, 0.29) is 0 Å². The van der Waals surface area contributed by atoms with E-state index in [1.54, 1.807) is 11.3 Å². The predicted octanol–water partition coefficient (Wildman–Crippen LogP) is 3.78. The van der Waals surface area contributed by atoms with Gasteiger partial charge in [0.2, 0.25) is 0 Å². The second kappa shape index (κ2) is 5.09. The van der Waals surface area contributed by atoms with Crippen LogP contribution < -0.4 is 5.32 Å². The summed E-state index contributed by atoms with van der Waals surface area (Å²) in [6.07, 6.45) is 0. The van der Waals surface area contributed by atoms with E-state index in [4.69, 9.17) is 0 Å². The van der Waals surface area contributed by atoms with E-state index >= 15 is 0 Å². The van der Waals surface area contributed by atoms with Crippen molar-refractivity contribution in [1.82, 2.24) is 4.98 Å². The summed E-state index contributed by atoms with van der Waals surface area (Å²) in [6, 6.07) is 16.0. The van der Waals surface area contributed by atoms with Crippen molar-refractivity contribution in [1.29, 1.82) is 5.26 Å². The van der Waals surface area contributed by atoms with Gasteiger partial charge < -0.3 is 5.32 Å². The molecule has 3 nitrogen and oxygen atoms in total. The Bertz CT molecular complexity index is 742. The Morgan fingerprint density at radius 2 is 2.11 bits per heavy atom. The fourth-order valence-corrected chi connectivity index (χ4v) is 2.56. The van der Waals surface area contributed by atoms with Crippen molar-refractivity contribution in [2.24, 2.45) is 0 Å². The lowest BCUT2D eigenvalue weighted by atomic mass is 10.1. The zero-order valence-electron chi connectivity index (χ0n) is 10.1. The summed E-state index contributed by atoms with van der Waals surface area (Å²) in [5.41, 5.74) is 1.48. The maximum absolute atomic E-state index is 9.21. The number of benzene rings is 1. The minimum absolute atomic E-state index is 0.579. The van der Waals surface area contributed by atoms with Crippen molar-refractivity contribution in [3.8, 4) is 6.07 Å².